The maximum absolute atomic E-state index is 12.8. The van der Waals surface area contributed by atoms with Gasteiger partial charge in [-0.3, -0.25) is 9.78 Å². The normalized spacial score (nSPS) is 13.8. The van der Waals surface area contributed by atoms with E-state index in [1.165, 1.54) is 47.6 Å². The van der Waals surface area contributed by atoms with Crippen LogP contribution in [0.4, 0.5) is 13.2 Å². The van der Waals surface area contributed by atoms with Crippen LogP contribution >= 0.6 is 12.4 Å². The molecule has 2 aromatic carbocycles. The second kappa shape index (κ2) is 15.8. The highest BCUT2D eigenvalue weighted by molar-refractivity contribution is 7.89. The number of aromatic nitrogens is 1. The number of aromatic carboxylic acids is 2. The molecule has 10 nitrogen and oxygen atoms in total. The molecule has 15 heteroatoms. The predicted octanol–water partition coefficient (Wildman–Crippen LogP) is 5.33. The van der Waals surface area contributed by atoms with Crippen LogP contribution in [0.25, 0.3) is 6.08 Å². The monoisotopic (exact) mass is 683 g/mol. The van der Waals surface area contributed by atoms with Crippen molar-refractivity contribution in [1.29, 1.82) is 0 Å². The molecule has 0 unspecified atom stereocenters. The number of sulfonamides is 1. The number of piperazine rings is 1. The van der Waals surface area contributed by atoms with Crippen molar-refractivity contribution in [2.24, 2.45) is 0 Å². The quantitative estimate of drug-likeness (QED) is 0.340. The SMILES string of the molecule is Cc1c(C(=O)O)cccc1C(=O)O.Cc1cc(C(F)(F)F)ccc1C=CCS(=O)(=O)N1CCN(C(=O)c2cccnc2C)CC1.Cl. The molecule has 0 spiro atoms. The van der Waals surface area contributed by atoms with Crippen LogP contribution in [0, 0.1) is 20.8 Å². The second-order valence-corrected chi connectivity index (χ2v) is 12.2. The summed E-state index contributed by atoms with van der Waals surface area (Å²) in [7, 11) is -3.60. The van der Waals surface area contributed by atoms with Gasteiger partial charge >= 0.3 is 18.1 Å². The van der Waals surface area contributed by atoms with Gasteiger partial charge in [0.05, 0.1) is 28.0 Å². The molecule has 1 aliphatic rings. The van der Waals surface area contributed by atoms with Crippen LogP contribution in [0.1, 0.15) is 59.0 Å². The minimum absolute atomic E-state index is 0. The van der Waals surface area contributed by atoms with E-state index in [-0.39, 0.29) is 66.9 Å². The molecule has 0 bridgehead atoms. The van der Waals surface area contributed by atoms with Crippen molar-refractivity contribution < 1.29 is 46.2 Å². The van der Waals surface area contributed by atoms with Crippen molar-refractivity contribution in [3.8, 4) is 0 Å². The van der Waals surface area contributed by atoms with Crippen molar-refractivity contribution in [3.05, 3.63) is 105 Å². The standard InChI is InChI=1S/C22H24F3N3O3S.C9H8O4.ClH/c1-16-15-19(22(23,24)25)8-7-18(16)5-4-14-32(30,31)28-12-10-27(11-13-28)21(29)20-6-3-9-26-17(20)2;1-5-6(8(10)11)3-2-4-7(5)9(12)13;/h3-9,15H,10-14H2,1-2H3;2-4H,1H3,(H,10,11)(H,12,13);1H. The third kappa shape index (κ3) is 9.61. The first-order valence-electron chi connectivity index (χ1n) is 13.6. The van der Waals surface area contributed by atoms with Gasteiger partial charge in [-0.15, -0.1) is 12.4 Å². The molecule has 1 saturated heterocycles. The minimum Gasteiger partial charge on any atom is -0.478 e. The number of alkyl halides is 3. The molecule has 2 N–H and O–H groups in total. The third-order valence-corrected chi connectivity index (χ3v) is 8.92. The molecular formula is C31H33ClF3N3O7S. The van der Waals surface area contributed by atoms with E-state index in [2.05, 4.69) is 4.98 Å². The highest BCUT2D eigenvalue weighted by Crippen LogP contribution is 2.30. The van der Waals surface area contributed by atoms with Crippen molar-refractivity contribution in [2.45, 2.75) is 26.9 Å². The first-order valence-corrected chi connectivity index (χ1v) is 15.2. The van der Waals surface area contributed by atoms with Gasteiger partial charge in [0.25, 0.3) is 5.91 Å². The molecule has 1 amide bonds. The van der Waals surface area contributed by atoms with Crippen molar-refractivity contribution in [3.63, 3.8) is 0 Å². The molecule has 4 rings (SSSR count). The summed E-state index contributed by atoms with van der Waals surface area (Å²) in [5, 5.41) is 17.4. The zero-order valence-electron chi connectivity index (χ0n) is 25.1. The zero-order valence-corrected chi connectivity index (χ0v) is 26.7. The van der Waals surface area contributed by atoms with Gasteiger partial charge in [-0.2, -0.15) is 17.5 Å². The number of carboxylic acids is 2. The van der Waals surface area contributed by atoms with Gasteiger partial charge in [0.2, 0.25) is 10.0 Å². The summed E-state index contributed by atoms with van der Waals surface area (Å²) in [6, 6.07) is 10.9. The van der Waals surface area contributed by atoms with Gasteiger partial charge in [-0.25, -0.2) is 18.0 Å². The number of nitrogens with zero attached hydrogens (tertiary/aromatic N) is 3. The fraction of sp³-hybridized carbons (Fsp3) is 0.290. The van der Waals surface area contributed by atoms with E-state index in [4.69, 9.17) is 10.2 Å². The third-order valence-electron chi connectivity index (χ3n) is 7.15. The number of carbonyl (C=O) groups excluding carboxylic acids is 1. The zero-order chi connectivity index (χ0) is 33.5. The molecular weight excluding hydrogens is 651 g/mol. The fourth-order valence-corrected chi connectivity index (χ4v) is 5.86. The van der Waals surface area contributed by atoms with E-state index in [0.717, 1.165) is 12.1 Å². The first kappa shape index (κ1) is 37.9. The first-order chi connectivity index (χ1) is 21.0. The Morgan fingerprint density at radius 1 is 0.891 bits per heavy atom. The number of pyridine rings is 1. The molecule has 0 atom stereocenters. The van der Waals surface area contributed by atoms with E-state index < -0.39 is 33.7 Å². The summed E-state index contributed by atoms with van der Waals surface area (Å²) in [6.07, 6.45) is 0.130. The fourth-order valence-electron chi connectivity index (χ4n) is 4.59. The molecule has 3 aromatic rings. The van der Waals surface area contributed by atoms with Crippen LogP contribution in [0.3, 0.4) is 0 Å². The Hall–Kier alpha value is -4.27. The molecule has 248 valence electrons. The van der Waals surface area contributed by atoms with E-state index in [1.54, 1.807) is 37.1 Å². The van der Waals surface area contributed by atoms with Crippen molar-refractivity contribution >= 4 is 46.4 Å². The molecule has 1 aliphatic heterocycles. The van der Waals surface area contributed by atoms with Crippen LogP contribution in [0.15, 0.2) is 60.8 Å². The summed E-state index contributed by atoms with van der Waals surface area (Å²) in [6.45, 7) is 5.68. The van der Waals surface area contributed by atoms with E-state index in [1.807, 2.05) is 0 Å². The largest absolute Gasteiger partial charge is 0.478 e. The van der Waals surface area contributed by atoms with Crippen LogP contribution in [0.2, 0.25) is 0 Å². The van der Waals surface area contributed by atoms with Gasteiger partial charge in [0.15, 0.2) is 0 Å². The Morgan fingerprint density at radius 3 is 1.96 bits per heavy atom. The number of carboxylic acid groups (broad SMARTS) is 2. The molecule has 0 aliphatic carbocycles. The van der Waals surface area contributed by atoms with Crippen molar-refractivity contribution in [2.75, 3.05) is 31.9 Å². The van der Waals surface area contributed by atoms with Gasteiger partial charge in [-0.1, -0.05) is 24.3 Å². The lowest BCUT2D eigenvalue weighted by atomic mass is 10.0. The lowest BCUT2D eigenvalue weighted by molar-refractivity contribution is -0.137. The van der Waals surface area contributed by atoms with E-state index >= 15 is 0 Å². The average molecular weight is 684 g/mol. The molecule has 2 heterocycles. The Bertz CT molecular complexity index is 1690. The Kier molecular flexibility index (Phi) is 13.0. The summed E-state index contributed by atoms with van der Waals surface area (Å²) >= 11 is 0. The number of halogens is 4. The Balaban J connectivity index is 0.000000442. The number of carbonyl (C=O) groups is 3. The topological polar surface area (TPSA) is 145 Å². The Labute approximate surface area is 270 Å². The molecule has 1 fully saturated rings. The highest BCUT2D eigenvalue weighted by Gasteiger charge is 2.31. The van der Waals surface area contributed by atoms with Crippen molar-refractivity contribution in [1.82, 2.24) is 14.2 Å². The van der Waals surface area contributed by atoms with Gasteiger partial charge in [0, 0.05) is 38.1 Å². The van der Waals surface area contributed by atoms with E-state index in [9.17, 15) is 36.0 Å². The molecule has 0 saturated carbocycles. The molecule has 46 heavy (non-hydrogen) atoms. The average Bonchev–Trinajstić information content (AvgIpc) is 2.97. The smallest absolute Gasteiger partial charge is 0.416 e. The van der Waals surface area contributed by atoms with E-state index in [0.29, 0.717) is 22.4 Å². The van der Waals surface area contributed by atoms with Crippen LogP contribution < -0.4 is 0 Å². The van der Waals surface area contributed by atoms with Gasteiger partial charge < -0.3 is 15.1 Å². The van der Waals surface area contributed by atoms with Crippen LogP contribution in [-0.4, -0.2) is 82.6 Å². The number of rotatable bonds is 7. The van der Waals surface area contributed by atoms with Crippen LogP contribution in [0.5, 0.6) is 0 Å². The Morgan fingerprint density at radius 2 is 1.46 bits per heavy atom. The number of hydrogen-bond donors (Lipinski definition) is 2. The van der Waals surface area contributed by atoms with Gasteiger partial charge in [-0.05, 0) is 73.9 Å². The summed E-state index contributed by atoms with van der Waals surface area (Å²) in [4.78, 5) is 39.6. The lowest BCUT2D eigenvalue weighted by Crippen LogP contribution is -2.51. The second-order valence-electron chi connectivity index (χ2n) is 10.2. The highest BCUT2D eigenvalue weighted by atomic mass is 35.5. The van der Waals surface area contributed by atoms with Crippen LogP contribution in [-0.2, 0) is 16.2 Å². The molecule has 1 aromatic heterocycles. The maximum atomic E-state index is 12.8. The lowest BCUT2D eigenvalue weighted by Gasteiger charge is -2.34. The minimum atomic E-state index is -4.42. The van der Waals surface area contributed by atoms with Gasteiger partial charge in [0.1, 0.15) is 0 Å². The number of aryl methyl sites for hydroxylation is 2. The maximum Gasteiger partial charge on any atom is 0.416 e. The number of benzene rings is 2. The molecule has 0 radical (unpaired) electrons. The number of hydrogen-bond acceptors (Lipinski definition) is 6. The summed E-state index contributed by atoms with van der Waals surface area (Å²) < 4.78 is 65.0. The summed E-state index contributed by atoms with van der Waals surface area (Å²) in [5.41, 5.74) is 1.65. The summed E-state index contributed by atoms with van der Waals surface area (Å²) in [5.74, 6) is -2.67. The predicted molar refractivity (Wildman–Crippen MR) is 168 cm³/mol. The number of amides is 1.